The summed E-state index contributed by atoms with van der Waals surface area (Å²) in [4.78, 5) is 76.0. The van der Waals surface area contributed by atoms with Crippen molar-refractivity contribution in [3.8, 4) is 34.5 Å². The number of alkyl halides is 11. The number of hydrogen-bond donors (Lipinski definition) is 0. The number of hydrogen-bond acceptors (Lipinski definition) is 12. The number of methoxy groups -OCH3 is 6. The molecule has 0 aromatic heterocycles. The monoisotopic (exact) mass is 2190 g/mol. The van der Waals surface area contributed by atoms with Crippen molar-refractivity contribution in [3.05, 3.63) is 173 Å². The van der Waals surface area contributed by atoms with Crippen molar-refractivity contribution in [1.82, 2.24) is 0 Å². The second kappa shape index (κ2) is 40.9. The summed E-state index contributed by atoms with van der Waals surface area (Å²) in [6.45, 7) is 0. The van der Waals surface area contributed by atoms with Crippen molar-refractivity contribution in [2.75, 3.05) is 42.7 Å². The van der Waals surface area contributed by atoms with Gasteiger partial charge >= 0.3 is 0 Å². The van der Waals surface area contributed by atoms with Crippen molar-refractivity contribution < 1.29 is 105 Å². The van der Waals surface area contributed by atoms with E-state index in [1.54, 1.807) is 123 Å². The van der Waals surface area contributed by atoms with Crippen LogP contribution in [0.1, 0.15) is 370 Å². The van der Waals surface area contributed by atoms with E-state index >= 15 is 48.3 Å². The molecular formula is C120H139Cl6F11O12. The minimum atomic E-state index is -1.78. The van der Waals surface area contributed by atoms with Gasteiger partial charge in [0.15, 0.2) is 34.7 Å². The lowest BCUT2D eigenvalue weighted by Gasteiger charge is -2.63. The predicted octanol–water partition coefficient (Wildman–Crippen LogP) is 34.2. The average molecular weight is 2200 g/mol. The van der Waals surface area contributed by atoms with E-state index < -0.39 is 67.8 Å². The Bertz CT molecular complexity index is 5600. The van der Waals surface area contributed by atoms with Gasteiger partial charge in [-0.05, 0) is 378 Å². The van der Waals surface area contributed by atoms with E-state index in [-0.39, 0.29) is 174 Å². The van der Waals surface area contributed by atoms with E-state index in [2.05, 4.69) is 0 Å². The SMILES string of the molecule is COc1cccc(C(=O)CCC23CC4(F)CC(F)(CC(F)(C4)C2)C3)c1Cl.COc1cccc(C(=O)CCC23CC4CC(CC(F)(C4)C2)C3)c1Cl.COc1cccc(C(=O)CCC23CC4CC(CC(F)(C4)C2)C3)c1Cl.COc1cccc(C(=O)CCC23CC4CC(F)(CC(F)(C4)C2)C3)c1Cl.COc1cccc(C(=O)CCC23CC4CC(F)(CC(F)(C4)C2)C3)c1Cl.COc1cccc(C(=O)CCC23CC4CC(F)(CC(F)(C4)C2)C3)c1Cl. The highest BCUT2D eigenvalue weighted by Gasteiger charge is 2.72. The maximum atomic E-state index is 15.0. The first-order chi connectivity index (χ1) is 70.2. The average Bonchev–Trinajstić information content (AvgIpc) is 0.684. The molecule has 12 nitrogen and oxygen atoms in total. The summed E-state index contributed by atoms with van der Waals surface area (Å²) < 4.78 is 196. The van der Waals surface area contributed by atoms with Crippen LogP contribution in [0, 0.1) is 73.9 Å². The fourth-order valence-electron chi connectivity index (χ4n) is 36.4. The number of rotatable bonds is 30. The molecule has 24 aliphatic rings. The molecule has 0 spiro atoms. The predicted molar refractivity (Wildman–Crippen MR) is 557 cm³/mol. The first-order valence-corrected chi connectivity index (χ1v) is 56.2. The normalized spacial score (nSPS) is 38.5. The Morgan fingerprint density at radius 3 is 0.544 bits per heavy atom. The van der Waals surface area contributed by atoms with Gasteiger partial charge < -0.3 is 28.4 Å². The van der Waals surface area contributed by atoms with Crippen LogP contribution in [0.5, 0.6) is 34.5 Å². The second-order valence-corrected chi connectivity index (χ2v) is 53.4. The van der Waals surface area contributed by atoms with Gasteiger partial charge in [-0.2, -0.15) is 0 Å². The molecule has 0 amide bonds. The van der Waals surface area contributed by atoms with Crippen LogP contribution in [0.25, 0.3) is 0 Å². The first-order valence-electron chi connectivity index (χ1n) is 53.9. The van der Waals surface area contributed by atoms with Gasteiger partial charge in [0.05, 0.1) is 72.8 Å². The number of halogens is 17. The summed E-state index contributed by atoms with van der Waals surface area (Å²) in [6, 6.07) is 30.9. The smallest absolute Gasteiger partial charge is 0.164 e. The van der Waals surface area contributed by atoms with Gasteiger partial charge in [0.1, 0.15) is 96.9 Å². The highest BCUT2D eigenvalue weighted by atomic mass is 35.5. The van der Waals surface area contributed by atoms with Gasteiger partial charge in [0.25, 0.3) is 0 Å². The van der Waals surface area contributed by atoms with Crippen molar-refractivity contribution in [2.24, 2.45) is 73.9 Å². The molecule has 24 saturated carbocycles. The minimum absolute atomic E-state index is 0.0415. The van der Waals surface area contributed by atoms with E-state index in [9.17, 15) is 28.8 Å². The third-order valence-corrected chi connectivity index (χ3v) is 40.9. The van der Waals surface area contributed by atoms with Crippen LogP contribution in [0.4, 0.5) is 48.3 Å². The molecule has 10 unspecified atom stereocenters. The molecule has 0 radical (unpaired) electrons. The Morgan fingerprint density at radius 1 is 0.208 bits per heavy atom. The lowest BCUT2D eigenvalue weighted by Crippen LogP contribution is -2.65. The Hall–Kier alpha value is -6.89. The number of ether oxygens (including phenoxy) is 6. The molecule has 24 bridgehead atoms. The minimum Gasteiger partial charge on any atom is -0.495 e. The van der Waals surface area contributed by atoms with E-state index in [1.807, 2.05) is 0 Å². The molecule has 29 heteroatoms. The Kier molecular flexibility index (Phi) is 30.3. The molecule has 6 aromatic carbocycles. The molecule has 0 saturated heterocycles. The van der Waals surface area contributed by atoms with Gasteiger partial charge in [-0.1, -0.05) is 106 Å². The van der Waals surface area contributed by atoms with E-state index in [4.69, 9.17) is 98.0 Å². The topological polar surface area (TPSA) is 158 Å². The van der Waals surface area contributed by atoms with Gasteiger partial charge in [-0.3, -0.25) is 28.8 Å². The molecule has 0 aliphatic heterocycles. The lowest BCUT2D eigenvalue weighted by molar-refractivity contribution is -0.218. The van der Waals surface area contributed by atoms with Crippen molar-refractivity contribution in [2.45, 2.75) is 371 Å². The lowest BCUT2D eigenvalue weighted by atomic mass is 9.45. The number of carbonyl (C=O) groups is 6. The molecule has 24 aliphatic carbocycles. The first kappa shape index (κ1) is 110. The third kappa shape index (κ3) is 23.1. The third-order valence-electron chi connectivity index (χ3n) is 38.5. The Balaban J connectivity index is 0.000000112. The number of carbonyl (C=O) groups excluding carboxylic acids is 6. The van der Waals surface area contributed by atoms with Gasteiger partial charge in [-0.25, -0.2) is 48.3 Å². The van der Waals surface area contributed by atoms with Crippen LogP contribution in [-0.4, -0.2) is 140 Å². The largest absolute Gasteiger partial charge is 0.495 e. The summed E-state index contributed by atoms with van der Waals surface area (Å²) in [7, 11) is 9.08. The van der Waals surface area contributed by atoms with Crippen LogP contribution >= 0.6 is 69.6 Å². The maximum absolute atomic E-state index is 15.0. The molecule has 24 fully saturated rings. The fourth-order valence-corrected chi connectivity index (χ4v) is 38.3. The van der Waals surface area contributed by atoms with Crippen LogP contribution in [0.15, 0.2) is 109 Å². The quantitative estimate of drug-likeness (QED) is 0.0311. The van der Waals surface area contributed by atoms with Crippen LogP contribution in [0.3, 0.4) is 0 Å². The highest BCUT2D eigenvalue weighted by Crippen LogP contribution is 2.74. The zero-order valence-electron chi connectivity index (χ0n) is 86.2. The molecule has 810 valence electrons. The van der Waals surface area contributed by atoms with Gasteiger partial charge in [0.2, 0.25) is 0 Å². The Labute approximate surface area is 898 Å². The van der Waals surface area contributed by atoms with Crippen LogP contribution in [-0.2, 0) is 0 Å². The Morgan fingerprint density at radius 2 is 0.362 bits per heavy atom. The maximum Gasteiger partial charge on any atom is 0.164 e. The zero-order chi connectivity index (χ0) is 106. The van der Waals surface area contributed by atoms with Crippen LogP contribution < -0.4 is 28.4 Å². The molecular weight excluding hydrogens is 2060 g/mol. The number of Topliss-reactive ketones (excluding diaryl/α,β-unsaturated/α-hetero) is 6. The molecule has 0 N–H and O–H groups in total. The zero-order valence-corrected chi connectivity index (χ0v) is 90.7. The van der Waals surface area contributed by atoms with Crippen molar-refractivity contribution in [1.29, 1.82) is 0 Å². The molecule has 149 heavy (non-hydrogen) atoms. The second-order valence-electron chi connectivity index (χ2n) is 51.1. The molecule has 30 rings (SSSR count). The summed E-state index contributed by atoms with van der Waals surface area (Å²) in [5, 5.41) is 1.93. The molecule has 6 aromatic rings. The van der Waals surface area contributed by atoms with E-state index in [0.29, 0.717) is 239 Å². The van der Waals surface area contributed by atoms with E-state index in [0.717, 1.165) is 83.5 Å². The molecule has 0 heterocycles. The summed E-state index contributed by atoms with van der Waals surface area (Å²) in [6.07, 6.45) is 24.3. The summed E-state index contributed by atoms with van der Waals surface area (Å²) >= 11 is 37.5. The molecule has 10 atom stereocenters. The van der Waals surface area contributed by atoms with Crippen LogP contribution in [0.2, 0.25) is 30.1 Å². The van der Waals surface area contributed by atoms with Gasteiger partial charge in [0, 0.05) is 110 Å². The van der Waals surface area contributed by atoms with E-state index in [1.165, 1.54) is 41.3 Å². The van der Waals surface area contributed by atoms with Gasteiger partial charge in [-0.15, -0.1) is 0 Å². The highest BCUT2D eigenvalue weighted by molar-refractivity contribution is 6.38. The standard InChI is InChI=1S/C20H22ClF3O2.3C20H23ClF2O2.2C20H24ClFO2/c1-26-15-4-2-3-13(16(15)21)14(25)5-6-17-7-18(22)10-19(23,8-17)12-20(24,9-17)11-18;3*1-25-16-4-2-3-14(17(16)21)15(24)5-6-18-7-13-8-19(22,10-18)12-20(23,9-13)11-18;2*1-24-17-4-2-3-15(18(17)21)16(23)5-6-19-8-13-7-14(9-19)11-20(22,10-13)12-19/h2-4H,5-12H2,1H3;3*2-4,13H,5-12H2,1H3;2*2-4,13-14H,5-12H2,1H3. The summed E-state index contributed by atoms with van der Waals surface area (Å²) in [5.74, 6) is 5.00. The number of benzene rings is 6. The number of ketones is 6. The summed E-state index contributed by atoms with van der Waals surface area (Å²) in [5.41, 5.74) is -14.6. The van der Waals surface area contributed by atoms with Crippen molar-refractivity contribution >= 4 is 104 Å². The fraction of sp³-hybridized carbons (Fsp3) is 0.650. The van der Waals surface area contributed by atoms with Crippen molar-refractivity contribution in [3.63, 3.8) is 0 Å².